The lowest BCUT2D eigenvalue weighted by atomic mass is 9.70. The fourth-order valence-corrected chi connectivity index (χ4v) is 6.07. The molecule has 0 aromatic heterocycles. The van der Waals surface area contributed by atoms with E-state index in [4.69, 9.17) is 0 Å². The molecule has 192 valence electrons. The second-order valence-electron chi connectivity index (χ2n) is 11.4. The normalized spacial score (nSPS) is 20.5. The third-order valence-corrected chi connectivity index (χ3v) is 8.50. The topological polar surface area (TPSA) is 51.2 Å². The first kappa shape index (κ1) is 27.8. The highest BCUT2D eigenvalue weighted by Crippen LogP contribution is 2.49. The molecule has 0 heterocycles. The fraction of sp³-hybridized carbons (Fsp3) is 0.485. The lowest BCUT2D eigenvalue weighted by molar-refractivity contribution is -0.136. The molecule has 0 N–H and O–H groups in total. The van der Waals surface area contributed by atoms with Gasteiger partial charge in [-0.05, 0) is 67.6 Å². The van der Waals surface area contributed by atoms with Gasteiger partial charge in [-0.25, -0.2) is 0 Å². The van der Waals surface area contributed by atoms with E-state index in [0.717, 1.165) is 35.1 Å². The van der Waals surface area contributed by atoms with Gasteiger partial charge in [-0.2, -0.15) is 0 Å². The summed E-state index contributed by atoms with van der Waals surface area (Å²) in [5.74, 6) is -0.572. The molecule has 0 aliphatic heterocycles. The van der Waals surface area contributed by atoms with Crippen molar-refractivity contribution in [3.8, 4) is 0 Å². The molecule has 4 atom stereocenters. The van der Waals surface area contributed by atoms with Gasteiger partial charge in [-0.3, -0.25) is 14.4 Å². The minimum Gasteiger partial charge on any atom is -0.299 e. The first-order chi connectivity index (χ1) is 17.1. The number of hydrogen-bond donors (Lipinski definition) is 0. The first-order valence-corrected chi connectivity index (χ1v) is 13.4. The Hall–Kier alpha value is -2.81. The average Bonchev–Trinajstić information content (AvgIpc) is 3.18. The molecule has 4 unspecified atom stereocenters. The summed E-state index contributed by atoms with van der Waals surface area (Å²) in [6.45, 7) is 14.0. The summed E-state index contributed by atoms with van der Waals surface area (Å²) < 4.78 is 0. The van der Waals surface area contributed by atoms with E-state index in [1.54, 1.807) is 6.08 Å². The highest BCUT2D eigenvalue weighted by molar-refractivity contribution is 5.98. The molecule has 3 nitrogen and oxygen atoms in total. The second kappa shape index (κ2) is 12.0. The lowest BCUT2D eigenvalue weighted by Crippen LogP contribution is -2.38. The Balaban J connectivity index is 1.88. The van der Waals surface area contributed by atoms with E-state index in [1.165, 1.54) is 0 Å². The van der Waals surface area contributed by atoms with Crippen molar-refractivity contribution in [1.29, 1.82) is 0 Å². The molecule has 0 radical (unpaired) electrons. The average molecular weight is 487 g/mol. The summed E-state index contributed by atoms with van der Waals surface area (Å²) in [6, 6.07) is 15.9. The minimum absolute atomic E-state index is 0.0853. The van der Waals surface area contributed by atoms with Crippen molar-refractivity contribution in [1.82, 2.24) is 0 Å². The molecule has 2 aromatic carbocycles. The van der Waals surface area contributed by atoms with Crippen LogP contribution in [0.1, 0.15) is 79.9 Å². The SMILES string of the molecule is C=CCCC(=O)C1C(C(=O)C(C)C(CC(=O)c2cccc(C)c2C)Cc2ccccc2)CCC1(C)C. The number of carbonyl (C=O) groups excluding carboxylic acids is 3. The smallest absolute Gasteiger partial charge is 0.163 e. The number of allylic oxidation sites excluding steroid dienone is 1. The van der Waals surface area contributed by atoms with Crippen LogP contribution in [0.4, 0.5) is 0 Å². The largest absolute Gasteiger partial charge is 0.299 e. The van der Waals surface area contributed by atoms with Crippen LogP contribution in [0.3, 0.4) is 0 Å². The molecule has 1 aliphatic rings. The van der Waals surface area contributed by atoms with Crippen molar-refractivity contribution >= 4 is 17.3 Å². The fourth-order valence-electron chi connectivity index (χ4n) is 6.07. The zero-order valence-electron chi connectivity index (χ0n) is 22.7. The lowest BCUT2D eigenvalue weighted by Gasteiger charge is -2.32. The van der Waals surface area contributed by atoms with E-state index < -0.39 is 0 Å². The third-order valence-electron chi connectivity index (χ3n) is 8.50. The molecule has 36 heavy (non-hydrogen) atoms. The Morgan fingerprint density at radius 3 is 2.42 bits per heavy atom. The number of Topliss-reactive ketones (excluding diaryl/α,β-unsaturated/α-hetero) is 3. The van der Waals surface area contributed by atoms with Gasteiger partial charge in [0, 0.05) is 36.2 Å². The van der Waals surface area contributed by atoms with Crippen LogP contribution in [-0.2, 0) is 16.0 Å². The maximum atomic E-state index is 14.0. The monoisotopic (exact) mass is 486 g/mol. The summed E-state index contributed by atoms with van der Waals surface area (Å²) in [6.07, 6.45) is 5.44. The molecule has 1 aliphatic carbocycles. The van der Waals surface area contributed by atoms with E-state index >= 15 is 0 Å². The van der Waals surface area contributed by atoms with E-state index in [1.807, 2.05) is 57.2 Å². The predicted octanol–water partition coefficient (Wildman–Crippen LogP) is 7.53. The van der Waals surface area contributed by atoms with Crippen LogP contribution >= 0.6 is 0 Å². The van der Waals surface area contributed by atoms with Crippen molar-refractivity contribution in [2.45, 2.75) is 73.1 Å². The minimum atomic E-state index is -0.312. The highest BCUT2D eigenvalue weighted by Gasteiger charge is 2.49. The van der Waals surface area contributed by atoms with Gasteiger partial charge in [-0.15, -0.1) is 6.58 Å². The molecular formula is C33H42O3. The summed E-state index contributed by atoms with van der Waals surface area (Å²) in [7, 11) is 0. The van der Waals surface area contributed by atoms with Crippen molar-refractivity contribution in [2.24, 2.45) is 29.1 Å². The van der Waals surface area contributed by atoms with Crippen LogP contribution in [0.25, 0.3) is 0 Å². The van der Waals surface area contributed by atoms with Crippen LogP contribution < -0.4 is 0 Å². The molecule has 2 aromatic rings. The Labute approximate surface area is 217 Å². The van der Waals surface area contributed by atoms with Gasteiger partial charge in [0.05, 0.1) is 0 Å². The zero-order chi connectivity index (χ0) is 26.5. The highest BCUT2D eigenvalue weighted by atomic mass is 16.1. The third kappa shape index (κ3) is 6.30. The molecule has 3 heteroatoms. The van der Waals surface area contributed by atoms with Gasteiger partial charge in [-0.1, -0.05) is 75.4 Å². The molecule has 3 rings (SSSR count). The molecule has 1 fully saturated rings. The standard InChI is InChI=1S/C33H42O3/c1-7-8-17-29(34)31-28(18-19-33(31,5)6)32(36)24(4)26(20-25-14-10-9-11-15-25)21-30(35)27-16-12-13-22(2)23(27)3/h7,9-16,24,26,28,31H,1,8,17-21H2,2-6H3. The molecule has 0 amide bonds. The summed E-state index contributed by atoms with van der Waals surface area (Å²) in [5.41, 5.74) is 3.78. The number of hydrogen-bond acceptors (Lipinski definition) is 3. The number of carbonyl (C=O) groups is 3. The summed E-state index contributed by atoms with van der Waals surface area (Å²) >= 11 is 0. The van der Waals surface area contributed by atoms with Gasteiger partial charge in [0.2, 0.25) is 0 Å². The summed E-state index contributed by atoms with van der Waals surface area (Å²) in [4.78, 5) is 40.7. The summed E-state index contributed by atoms with van der Waals surface area (Å²) in [5, 5.41) is 0. The van der Waals surface area contributed by atoms with Crippen molar-refractivity contribution in [3.05, 3.63) is 83.4 Å². The van der Waals surface area contributed by atoms with Crippen LogP contribution in [-0.4, -0.2) is 17.3 Å². The Bertz CT molecular complexity index is 1100. The zero-order valence-corrected chi connectivity index (χ0v) is 22.7. The van der Waals surface area contributed by atoms with Gasteiger partial charge < -0.3 is 0 Å². The van der Waals surface area contributed by atoms with Crippen LogP contribution in [0.2, 0.25) is 0 Å². The molecule has 0 saturated heterocycles. The van der Waals surface area contributed by atoms with Gasteiger partial charge >= 0.3 is 0 Å². The van der Waals surface area contributed by atoms with Crippen molar-refractivity contribution in [3.63, 3.8) is 0 Å². The van der Waals surface area contributed by atoms with Crippen molar-refractivity contribution in [2.75, 3.05) is 0 Å². The van der Waals surface area contributed by atoms with E-state index in [-0.39, 0.29) is 46.4 Å². The molecule has 0 bridgehead atoms. The van der Waals surface area contributed by atoms with Crippen molar-refractivity contribution < 1.29 is 14.4 Å². The van der Waals surface area contributed by atoms with Gasteiger partial charge in [0.15, 0.2) is 5.78 Å². The number of ketones is 3. The van der Waals surface area contributed by atoms with Gasteiger partial charge in [0.1, 0.15) is 11.6 Å². The number of rotatable bonds is 12. The predicted molar refractivity (Wildman–Crippen MR) is 147 cm³/mol. The Kier molecular flexibility index (Phi) is 9.22. The first-order valence-electron chi connectivity index (χ1n) is 13.4. The van der Waals surface area contributed by atoms with E-state index in [0.29, 0.717) is 25.7 Å². The van der Waals surface area contributed by atoms with E-state index in [2.05, 4.69) is 32.6 Å². The second-order valence-corrected chi connectivity index (χ2v) is 11.4. The van der Waals surface area contributed by atoms with Gasteiger partial charge in [0.25, 0.3) is 0 Å². The quantitative estimate of drug-likeness (QED) is 0.230. The maximum absolute atomic E-state index is 14.0. The van der Waals surface area contributed by atoms with Crippen LogP contribution in [0, 0.1) is 42.9 Å². The number of benzene rings is 2. The van der Waals surface area contributed by atoms with Crippen LogP contribution in [0.15, 0.2) is 61.2 Å². The maximum Gasteiger partial charge on any atom is 0.163 e. The molecular weight excluding hydrogens is 444 g/mol. The van der Waals surface area contributed by atoms with Crippen LogP contribution in [0.5, 0.6) is 0 Å². The molecule has 0 spiro atoms. The Morgan fingerprint density at radius 2 is 1.75 bits per heavy atom. The Morgan fingerprint density at radius 1 is 1.06 bits per heavy atom. The van der Waals surface area contributed by atoms with E-state index in [9.17, 15) is 14.4 Å². The molecule has 1 saturated carbocycles. The number of aryl methyl sites for hydroxylation is 1.